The van der Waals surface area contributed by atoms with Gasteiger partial charge in [-0.3, -0.25) is 9.59 Å². The Balaban J connectivity index is 2.35. The van der Waals surface area contributed by atoms with E-state index in [9.17, 15) is 9.59 Å². The lowest BCUT2D eigenvalue weighted by Crippen LogP contribution is -2.26. The number of nitrogens with zero attached hydrogens (tertiary/aromatic N) is 1. The maximum absolute atomic E-state index is 11.9. The average Bonchev–Trinajstić information content (AvgIpc) is 2.71. The van der Waals surface area contributed by atoms with Gasteiger partial charge in [0.05, 0.1) is 5.69 Å². The van der Waals surface area contributed by atoms with Crippen molar-refractivity contribution in [1.82, 2.24) is 0 Å². The molecule has 1 saturated heterocycles. The Morgan fingerprint density at radius 2 is 2.28 bits per heavy atom. The Bertz CT molecular complexity index is 502. The summed E-state index contributed by atoms with van der Waals surface area (Å²) in [6, 6.07) is 5.30. The number of halogens is 1. The predicted octanol–water partition coefficient (Wildman–Crippen LogP) is 1.96. The van der Waals surface area contributed by atoms with Gasteiger partial charge in [-0.2, -0.15) is 0 Å². The normalized spacial score (nSPS) is 19.4. The summed E-state index contributed by atoms with van der Waals surface area (Å²) in [7, 11) is 0. The molecular formula is C13H15BrN2O2. The highest BCUT2D eigenvalue weighted by Gasteiger charge is 2.30. The number of ketones is 1. The second-order valence-corrected chi connectivity index (χ2v) is 5.39. The SMILES string of the molecule is CC(=O)c1ccc(Br)c(N2CC(CN)CC2=O)c1. The molecule has 1 aromatic carbocycles. The molecule has 4 nitrogen and oxygen atoms in total. The quantitative estimate of drug-likeness (QED) is 0.868. The number of nitrogens with two attached hydrogens (primary N) is 1. The number of benzene rings is 1. The Morgan fingerprint density at radius 3 is 2.83 bits per heavy atom. The van der Waals surface area contributed by atoms with E-state index in [0.29, 0.717) is 25.1 Å². The number of rotatable bonds is 3. The zero-order valence-electron chi connectivity index (χ0n) is 10.1. The van der Waals surface area contributed by atoms with Gasteiger partial charge in [-0.25, -0.2) is 0 Å². The van der Waals surface area contributed by atoms with E-state index in [2.05, 4.69) is 15.9 Å². The first-order chi connectivity index (χ1) is 8.52. The van der Waals surface area contributed by atoms with Gasteiger partial charge in [0.25, 0.3) is 0 Å². The van der Waals surface area contributed by atoms with Gasteiger partial charge < -0.3 is 10.6 Å². The molecule has 0 bridgehead atoms. The molecule has 1 atom stereocenters. The molecule has 2 rings (SSSR count). The largest absolute Gasteiger partial charge is 0.330 e. The highest BCUT2D eigenvalue weighted by atomic mass is 79.9. The molecule has 1 fully saturated rings. The molecule has 1 unspecified atom stereocenters. The minimum atomic E-state index is -0.00855. The molecule has 18 heavy (non-hydrogen) atoms. The smallest absolute Gasteiger partial charge is 0.227 e. The van der Waals surface area contributed by atoms with E-state index in [4.69, 9.17) is 5.73 Å². The molecule has 5 heteroatoms. The van der Waals surface area contributed by atoms with Crippen LogP contribution in [0.4, 0.5) is 5.69 Å². The predicted molar refractivity (Wildman–Crippen MR) is 73.7 cm³/mol. The first-order valence-electron chi connectivity index (χ1n) is 5.84. The molecular weight excluding hydrogens is 296 g/mol. The van der Waals surface area contributed by atoms with E-state index >= 15 is 0 Å². The lowest BCUT2D eigenvalue weighted by atomic mass is 10.1. The van der Waals surface area contributed by atoms with E-state index in [1.54, 1.807) is 23.1 Å². The number of hydrogen-bond donors (Lipinski definition) is 1. The Labute approximate surface area is 114 Å². The van der Waals surface area contributed by atoms with Crippen LogP contribution in [0.25, 0.3) is 0 Å². The number of hydrogen-bond acceptors (Lipinski definition) is 3. The van der Waals surface area contributed by atoms with Crippen molar-refractivity contribution in [2.75, 3.05) is 18.0 Å². The molecule has 1 aromatic rings. The van der Waals surface area contributed by atoms with Crippen molar-refractivity contribution >= 4 is 33.3 Å². The van der Waals surface area contributed by atoms with E-state index in [0.717, 1.165) is 10.2 Å². The first-order valence-corrected chi connectivity index (χ1v) is 6.63. The molecule has 2 N–H and O–H groups in total. The highest BCUT2D eigenvalue weighted by Crippen LogP contribution is 2.32. The van der Waals surface area contributed by atoms with Gasteiger partial charge in [0, 0.05) is 23.0 Å². The van der Waals surface area contributed by atoms with Gasteiger partial charge in [-0.1, -0.05) is 6.07 Å². The summed E-state index contributed by atoms with van der Waals surface area (Å²) in [5, 5.41) is 0. The fourth-order valence-corrected chi connectivity index (χ4v) is 2.57. The molecule has 1 amide bonds. The fraction of sp³-hybridized carbons (Fsp3) is 0.385. The zero-order valence-corrected chi connectivity index (χ0v) is 11.7. The molecule has 0 saturated carbocycles. The molecule has 0 radical (unpaired) electrons. The van der Waals surface area contributed by atoms with Gasteiger partial charge in [0.2, 0.25) is 5.91 Å². The maximum Gasteiger partial charge on any atom is 0.227 e. The van der Waals surface area contributed by atoms with Crippen LogP contribution in [0.3, 0.4) is 0 Å². The van der Waals surface area contributed by atoms with Gasteiger partial charge in [-0.05, 0) is 47.4 Å². The Hall–Kier alpha value is -1.20. The standard InChI is InChI=1S/C13H15BrN2O2/c1-8(17)10-2-3-11(14)12(5-10)16-7-9(6-15)4-13(16)18/h2-3,5,9H,4,6-7,15H2,1H3. The second-order valence-electron chi connectivity index (χ2n) is 4.53. The Kier molecular flexibility index (Phi) is 3.82. The van der Waals surface area contributed by atoms with Gasteiger partial charge in [0.15, 0.2) is 5.78 Å². The van der Waals surface area contributed by atoms with E-state index in [-0.39, 0.29) is 17.6 Å². The zero-order chi connectivity index (χ0) is 13.3. The van der Waals surface area contributed by atoms with Crippen LogP contribution in [-0.4, -0.2) is 24.8 Å². The van der Waals surface area contributed by atoms with Gasteiger partial charge >= 0.3 is 0 Å². The maximum atomic E-state index is 11.9. The van der Waals surface area contributed by atoms with E-state index in [1.807, 2.05) is 0 Å². The summed E-state index contributed by atoms with van der Waals surface area (Å²) >= 11 is 3.42. The van der Waals surface area contributed by atoms with Crippen molar-refractivity contribution in [2.45, 2.75) is 13.3 Å². The minimum absolute atomic E-state index is 0.00855. The number of amides is 1. The van der Waals surface area contributed by atoms with Crippen LogP contribution in [0.15, 0.2) is 22.7 Å². The molecule has 1 heterocycles. The molecule has 0 aromatic heterocycles. The van der Waals surface area contributed by atoms with Crippen LogP contribution in [0.5, 0.6) is 0 Å². The van der Waals surface area contributed by atoms with Gasteiger partial charge in [-0.15, -0.1) is 0 Å². The van der Waals surface area contributed by atoms with Crippen molar-refractivity contribution in [3.8, 4) is 0 Å². The van der Waals surface area contributed by atoms with Crippen LogP contribution in [0, 0.1) is 5.92 Å². The second kappa shape index (κ2) is 5.20. The summed E-state index contributed by atoms with van der Waals surface area (Å²) < 4.78 is 0.818. The first kappa shape index (κ1) is 13.2. The van der Waals surface area contributed by atoms with E-state index in [1.165, 1.54) is 6.92 Å². The van der Waals surface area contributed by atoms with Gasteiger partial charge in [0.1, 0.15) is 0 Å². The minimum Gasteiger partial charge on any atom is -0.330 e. The third-order valence-electron chi connectivity index (χ3n) is 3.18. The third-order valence-corrected chi connectivity index (χ3v) is 3.85. The molecule has 0 spiro atoms. The lowest BCUT2D eigenvalue weighted by molar-refractivity contribution is -0.117. The summed E-state index contributed by atoms with van der Waals surface area (Å²) in [6.45, 7) is 2.64. The average molecular weight is 311 g/mol. The fourth-order valence-electron chi connectivity index (χ4n) is 2.11. The molecule has 1 aliphatic rings. The monoisotopic (exact) mass is 310 g/mol. The summed E-state index contributed by atoms with van der Waals surface area (Å²) in [5.41, 5.74) is 6.97. The highest BCUT2D eigenvalue weighted by molar-refractivity contribution is 9.10. The number of anilines is 1. The third kappa shape index (κ3) is 2.47. The molecule has 1 aliphatic heterocycles. The van der Waals surface area contributed by atoms with Crippen molar-refractivity contribution in [3.05, 3.63) is 28.2 Å². The number of carbonyl (C=O) groups is 2. The summed E-state index contributed by atoms with van der Waals surface area (Å²) in [5.74, 6) is 0.253. The number of carbonyl (C=O) groups excluding carboxylic acids is 2. The van der Waals surface area contributed by atoms with E-state index < -0.39 is 0 Å². The van der Waals surface area contributed by atoms with Crippen molar-refractivity contribution in [3.63, 3.8) is 0 Å². The summed E-state index contributed by atoms with van der Waals surface area (Å²) in [6.07, 6.45) is 0.479. The van der Waals surface area contributed by atoms with Crippen molar-refractivity contribution < 1.29 is 9.59 Å². The summed E-state index contributed by atoms with van der Waals surface area (Å²) in [4.78, 5) is 25.0. The molecule has 96 valence electrons. The van der Waals surface area contributed by atoms with Crippen LogP contribution >= 0.6 is 15.9 Å². The van der Waals surface area contributed by atoms with Crippen molar-refractivity contribution in [1.29, 1.82) is 0 Å². The van der Waals surface area contributed by atoms with Crippen LogP contribution in [-0.2, 0) is 4.79 Å². The number of Topliss-reactive ketones (excluding diaryl/α,β-unsaturated/α-hetero) is 1. The topological polar surface area (TPSA) is 63.4 Å². The van der Waals surface area contributed by atoms with Crippen molar-refractivity contribution in [2.24, 2.45) is 11.7 Å². The lowest BCUT2D eigenvalue weighted by Gasteiger charge is -2.19. The Morgan fingerprint density at radius 1 is 1.56 bits per heavy atom. The van der Waals surface area contributed by atoms with Crippen LogP contribution < -0.4 is 10.6 Å². The molecule has 0 aliphatic carbocycles. The van der Waals surface area contributed by atoms with Crippen LogP contribution in [0.2, 0.25) is 0 Å². The van der Waals surface area contributed by atoms with Crippen LogP contribution in [0.1, 0.15) is 23.7 Å².